The first-order chi connectivity index (χ1) is 21.1. The summed E-state index contributed by atoms with van der Waals surface area (Å²) in [5.41, 5.74) is 3.58. The molecule has 7 nitrogen and oxygen atoms in total. The van der Waals surface area contributed by atoms with E-state index in [-0.39, 0.29) is 24.3 Å². The number of carbonyl (C=O) groups is 2. The molecule has 0 saturated heterocycles. The number of aliphatic hydroxyl groups excluding tert-OH is 1. The molecule has 7 heteroatoms. The number of methoxy groups -OCH3 is 1. The number of carbonyl (C=O) groups excluding carboxylic acids is 2. The molecule has 4 aromatic carbocycles. The maximum Gasteiger partial charge on any atom is 0.420 e. The maximum atomic E-state index is 13.5. The van der Waals surface area contributed by atoms with Gasteiger partial charge in [0.25, 0.3) is 0 Å². The van der Waals surface area contributed by atoms with Crippen LogP contribution in [0.3, 0.4) is 0 Å². The van der Waals surface area contributed by atoms with Crippen molar-refractivity contribution in [3.05, 3.63) is 126 Å². The third kappa shape index (κ3) is 7.62. The SMILES string of the molecule is COc1cccc(N(Cc2ccc(C3CCCCC3C(=O)NC(CO)c3ccccc3)cc2)C(=O)Oc2ccccc2)c1. The van der Waals surface area contributed by atoms with Crippen molar-refractivity contribution in [2.45, 2.75) is 44.2 Å². The zero-order valence-corrected chi connectivity index (χ0v) is 24.4. The fourth-order valence-electron chi connectivity index (χ4n) is 5.78. The molecule has 1 fully saturated rings. The van der Waals surface area contributed by atoms with Crippen molar-refractivity contribution in [3.63, 3.8) is 0 Å². The van der Waals surface area contributed by atoms with E-state index in [4.69, 9.17) is 9.47 Å². The molecule has 3 unspecified atom stereocenters. The minimum atomic E-state index is -0.496. The predicted molar refractivity (Wildman–Crippen MR) is 167 cm³/mol. The van der Waals surface area contributed by atoms with Crippen molar-refractivity contribution in [3.8, 4) is 11.5 Å². The minimum Gasteiger partial charge on any atom is -0.497 e. The number of ether oxygens (including phenoxy) is 2. The molecule has 0 aromatic heterocycles. The highest BCUT2D eigenvalue weighted by Crippen LogP contribution is 2.38. The van der Waals surface area contributed by atoms with Gasteiger partial charge in [0.2, 0.25) is 5.91 Å². The Bertz CT molecular complexity index is 1480. The van der Waals surface area contributed by atoms with Crippen LogP contribution >= 0.6 is 0 Å². The molecular weight excluding hydrogens is 540 g/mol. The van der Waals surface area contributed by atoms with Crippen LogP contribution in [0.5, 0.6) is 11.5 Å². The van der Waals surface area contributed by atoms with E-state index in [9.17, 15) is 14.7 Å². The van der Waals surface area contributed by atoms with Gasteiger partial charge in [0.15, 0.2) is 0 Å². The third-order valence-corrected chi connectivity index (χ3v) is 8.09. The molecule has 222 valence electrons. The number of nitrogens with zero attached hydrogens (tertiary/aromatic N) is 1. The molecule has 1 saturated carbocycles. The highest BCUT2D eigenvalue weighted by Gasteiger charge is 2.33. The number of hydrogen-bond acceptors (Lipinski definition) is 5. The molecule has 0 radical (unpaired) electrons. The summed E-state index contributed by atoms with van der Waals surface area (Å²) in [7, 11) is 1.59. The second-order valence-electron chi connectivity index (χ2n) is 10.9. The minimum absolute atomic E-state index is 0.0236. The average molecular weight is 579 g/mol. The zero-order chi connectivity index (χ0) is 30.0. The molecule has 0 spiro atoms. The van der Waals surface area contributed by atoms with Crippen molar-refractivity contribution in [2.24, 2.45) is 5.92 Å². The molecule has 2 amide bonds. The lowest BCUT2D eigenvalue weighted by molar-refractivity contribution is -0.127. The van der Waals surface area contributed by atoms with E-state index >= 15 is 0 Å². The number of benzene rings is 4. The summed E-state index contributed by atoms with van der Waals surface area (Å²) in [5.74, 6) is 0.988. The van der Waals surface area contributed by atoms with Crippen LogP contribution in [0.15, 0.2) is 109 Å². The van der Waals surface area contributed by atoms with Crippen molar-refractivity contribution in [1.82, 2.24) is 5.32 Å². The maximum absolute atomic E-state index is 13.5. The summed E-state index contributed by atoms with van der Waals surface area (Å²) in [5, 5.41) is 13.1. The molecule has 5 rings (SSSR count). The Hall–Kier alpha value is -4.62. The number of hydrogen-bond donors (Lipinski definition) is 2. The van der Waals surface area contributed by atoms with Crippen LogP contribution in [0.1, 0.15) is 54.3 Å². The normalized spacial score (nSPS) is 17.0. The lowest BCUT2D eigenvalue weighted by atomic mass is 9.74. The number of anilines is 1. The van der Waals surface area contributed by atoms with Gasteiger partial charge in [0, 0.05) is 12.0 Å². The fourth-order valence-corrected chi connectivity index (χ4v) is 5.78. The van der Waals surface area contributed by atoms with Crippen LogP contribution < -0.4 is 19.7 Å². The van der Waals surface area contributed by atoms with Crippen molar-refractivity contribution >= 4 is 17.7 Å². The molecule has 43 heavy (non-hydrogen) atoms. The van der Waals surface area contributed by atoms with E-state index in [1.807, 2.05) is 78.9 Å². The van der Waals surface area contributed by atoms with Crippen LogP contribution in [0.2, 0.25) is 0 Å². The zero-order valence-electron chi connectivity index (χ0n) is 24.4. The van der Waals surface area contributed by atoms with E-state index in [2.05, 4.69) is 17.4 Å². The standard InChI is InChI=1S/C36H38N2O5/c1-42-31-16-10-13-29(23-31)38(36(41)43-30-14-6-3-7-15-30)24-26-19-21-27(22-20-26)32-17-8-9-18-33(32)35(40)37-34(25-39)28-11-4-2-5-12-28/h2-7,10-16,19-23,32-34,39H,8-9,17-18,24-25H2,1H3,(H,37,40). The number of rotatable bonds is 10. The van der Waals surface area contributed by atoms with Gasteiger partial charge >= 0.3 is 6.09 Å². The Labute approximate surface area is 253 Å². The van der Waals surface area contributed by atoms with E-state index in [1.165, 1.54) is 0 Å². The average Bonchev–Trinajstić information content (AvgIpc) is 3.07. The molecule has 3 atom stereocenters. The molecule has 2 N–H and O–H groups in total. The Kier molecular flexibility index (Phi) is 10.1. The van der Waals surface area contributed by atoms with Gasteiger partial charge in [0.05, 0.1) is 32.0 Å². The van der Waals surface area contributed by atoms with E-state index in [0.29, 0.717) is 23.7 Å². The Morgan fingerprint density at radius 3 is 2.23 bits per heavy atom. The quantitative estimate of drug-likeness (QED) is 0.211. The Morgan fingerprint density at radius 1 is 0.860 bits per heavy atom. The first-order valence-electron chi connectivity index (χ1n) is 14.8. The summed E-state index contributed by atoms with van der Waals surface area (Å²) in [6.45, 7) is 0.140. The summed E-state index contributed by atoms with van der Waals surface area (Å²) in [6, 6.07) is 33.6. The monoisotopic (exact) mass is 578 g/mol. The van der Waals surface area contributed by atoms with Crippen LogP contribution in [0, 0.1) is 5.92 Å². The van der Waals surface area contributed by atoms with Gasteiger partial charge in [-0.15, -0.1) is 0 Å². The van der Waals surface area contributed by atoms with Crippen molar-refractivity contribution in [1.29, 1.82) is 0 Å². The summed E-state index contributed by atoms with van der Waals surface area (Å²) >= 11 is 0. The van der Waals surface area contributed by atoms with Gasteiger partial charge < -0.3 is 19.9 Å². The second kappa shape index (κ2) is 14.5. The number of nitrogens with one attached hydrogen (secondary N) is 1. The van der Waals surface area contributed by atoms with Crippen LogP contribution in [-0.4, -0.2) is 30.8 Å². The van der Waals surface area contributed by atoms with Crippen LogP contribution in [-0.2, 0) is 11.3 Å². The number of aliphatic hydroxyl groups is 1. The van der Waals surface area contributed by atoms with Crippen molar-refractivity contribution < 1.29 is 24.2 Å². The van der Waals surface area contributed by atoms with Gasteiger partial charge in [-0.3, -0.25) is 9.69 Å². The highest BCUT2D eigenvalue weighted by molar-refractivity contribution is 5.89. The highest BCUT2D eigenvalue weighted by atomic mass is 16.6. The van der Waals surface area contributed by atoms with Gasteiger partial charge in [0.1, 0.15) is 11.5 Å². The second-order valence-corrected chi connectivity index (χ2v) is 10.9. The Balaban J connectivity index is 1.32. The summed E-state index contributed by atoms with van der Waals surface area (Å²) in [4.78, 5) is 28.4. The van der Waals surface area contributed by atoms with Crippen LogP contribution in [0.25, 0.3) is 0 Å². The Morgan fingerprint density at radius 2 is 1.53 bits per heavy atom. The van der Waals surface area contributed by atoms with Gasteiger partial charge in [-0.05, 0) is 59.7 Å². The van der Waals surface area contributed by atoms with Gasteiger partial charge in [-0.25, -0.2) is 4.79 Å². The first kappa shape index (κ1) is 29.9. The van der Waals surface area contributed by atoms with Crippen molar-refractivity contribution in [2.75, 3.05) is 18.6 Å². The third-order valence-electron chi connectivity index (χ3n) is 8.09. The smallest absolute Gasteiger partial charge is 0.420 e. The first-order valence-corrected chi connectivity index (χ1v) is 14.8. The van der Waals surface area contributed by atoms with Crippen LogP contribution in [0.4, 0.5) is 10.5 Å². The molecule has 0 bridgehead atoms. The van der Waals surface area contributed by atoms with E-state index < -0.39 is 12.1 Å². The lowest BCUT2D eigenvalue weighted by Crippen LogP contribution is -2.39. The fraction of sp³-hybridized carbons (Fsp3) is 0.278. The number of para-hydroxylation sites is 1. The van der Waals surface area contributed by atoms with Gasteiger partial charge in [-0.2, -0.15) is 0 Å². The largest absolute Gasteiger partial charge is 0.497 e. The molecule has 1 aliphatic rings. The molecule has 1 aliphatic carbocycles. The van der Waals surface area contributed by atoms with E-state index in [1.54, 1.807) is 30.2 Å². The molecule has 0 aliphatic heterocycles. The molecule has 4 aromatic rings. The molecular formula is C36H38N2O5. The summed E-state index contributed by atoms with van der Waals surface area (Å²) < 4.78 is 11.1. The lowest BCUT2D eigenvalue weighted by Gasteiger charge is -2.32. The topological polar surface area (TPSA) is 88.1 Å². The number of amides is 2. The predicted octanol–water partition coefficient (Wildman–Crippen LogP) is 7.02. The molecule has 0 heterocycles. The van der Waals surface area contributed by atoms with E-state index in [0.717, 1.165) is 42.4 Å². The van der Waals surface area contributed by atoms with Gasteiger partial charge in [-0.1, -0.05) is 91.7 Å². The summed E-state index contributed by atoms with van der Waals surface area (Å²) in [6.07, 6.45) is 3.30.